The number of likely N-dealkylation sites (N-methyl/N-ethyl adjacent to an activating group) is 1. The molecule has 0 spiro atoms. The zero-order valence-electron chi connectivity index (χ0n) is 12.9. The first-order valence-electron chi connectivity index (χ1n) is 6.98. The van der Waals surface area contributed by atoms with Crippen molar-refractivity contribution in [2.24, 2.45) is 5.73 Å². The molecule has 2 unspecified atom stereocenters. The van der Waals surface area contributed by atoms with Crippen LogP contribution in [0.25, 0.3) is 0 Å². The van der Waals surface area contributed by atoms with Crippen LogP contribution in [0.1, 0.15) is 26.3 Å². The number of halogens is 1. The van der Waals surface area contributed by atoms with E-state index >= 15 is 0 Å². The molecule has 0 aliphatic rings. The Bertz CT molecular complexity index is 492. The van der Waals surface area contributed by atoms with Crippen LogP contribution in [0.2, 0.25) is 0 Å². The number of hydrogen-bond acceptors (Lipinski definition) is 4. The maximum absolute atomic E-state index is 11.6. The van der Waals surface area contributed by atoms with Crippen molar-refractivity contribution in [1.82, 2.24) is 5.32 Å². The molecule has 1 amide bonds. The molecule has 118 valence electrons. The maximum Gasteiger partial charge on any atom is 0.260 e. The van der Waals surface area contributed by atoms with Gasteiger partial charge >= 0.3 is 0 Å². The first kappa shape index (κ1) is 17.8. The Balaban J connectivity index is 3.08. The molecule has 0 aromatic heterocycles. The summed E-state index contributed by atoms with van der Waals surface area (Å²) in [5, 5.41) is 2.56. The van der Waals surface area contributed by atoms with E-state index < -0.39 is 6.10 Å². The molecule has 5 nitrogen and oxygen atoms in total. The van der Waals surface area contributed by atoms with Crippen molar-refractivity contribution >= 4 is 21.8 Å². The normalized spacial score (nSPS) is 13.4. The maximum atomic E-state index is 11.6. The van der Waals surface area contributed by atoms with Crippen molar-refractivity contribution in [2.45, 2.75) is 39.3 Å². The molecular formula is C15H23BrN2O3. The second-order valence-electron chi connectivity index (χ2n) is 4.89. The van der Waals surface area contributed by atoms with Crippen LogP contribution in [0.3, 0.4) is 0 Å². The SMILES string of the molecule is CCOc1cc(CC(C)N)cc(Br)c1OC(C)C(=O)NC. The molecule has 0 saturated heterocycles. The fourth-order valence-electron chi connectivity index (χ4n) is 1.92. The minimum absolute atomic E-state index is 0.0583. The number of rotatable bonds is 7. The number of nitrogens with two attached hydrogens (primary N) is 1. The average Bonchev–Trinajstić information content (AvgIpc) is 2.41. The Morgan fingerprint density at radius 1 is 1.43 bits per heavy atom. The largest absolute Gasteiger partial charge is 0.490 e. The molecular weight excluding hydrogens is 336 g/mol. The summed E-state index contributed by atoms with van der Waals surface area (Å²) in [6, 6.07) is 3.91. The van der Waals surface area contributed by atoms with E-state index in [0.717, 1.165) is 16.5 Å². The summed E-state index contributed by atoms with van der Waals surface area (Å²) >= 11 is 3.48. The molecule has 6 heteroatoms. The molecule has 1 aromatic rings. The van der Waals surface area contributed by atoms with Crippen molar-refractivity contribution in [3.8, 4) is 11.5 Å². The van der Waals surface area contributed by atoms with Crippen LogP contribution in [0.15, 0.2) is 16.6 Å². The molecule has 0 saturated carbocycles. The van der Waals surface area contributed by atoms with Crippen LogP contribution in [0.5, 0.6) is 11.5 Å². The minimum Gasteiger partial charge on any atom is -0.490 e. The first-order valence-corrected chi connectivity index (χ1v) is 7.77. The van der Waals surface area contributed by atoms with E-state index in [9.17, 15) is 4.79 Å². The number of hydrogen-bond donors (Lipinski definition) is 2. The van der Waals surface area contributed by atoms with Crippen molar-refractivity contribution in [1.29, 1.82) is 0 Å². The van der Waals surface area contributed by atoms with Gasteiger partial charge in [0.15, 0.2) is 17.6 Å². The van der Waals surface area contributed by atoms with Gasteiger partial charge in [-0.3, -0.25) is 4.79 Å². The molecule has 0 aliphatic heterocycles. The molecule has 2 atom stereocenters. The van der Waals surface area contributed by atoms with E-state index in [0.29, 0.717) is 18.1 Å². The molecule has 0 heterocycles. The molecule has 1 aromatic carbocycles. The topological polar surface area (TPSA) is 73.6 Å². The van der Waals surface area contributed by atoms with Gasteiger partial charge in [0.25, 0.3) is 5.91 Å². The summed E-state index contributed by atoms with van der Waals surface area (Å²) in [4.78, 5) is 11.6. The van der Waals surface area contributed by atoms with E-state index in [1.54, 1.807) is 14.0 Å². The van der Waals surface area contributed by atoms with Gasteiger partial charge in [0.2, 0.25) is 0 Å². The number of carbonyl (C=O) groups is 1. The highest BCUT2D eigenvalue weighted by Gasteiger charge is 2.19. The Kier molecular flexibility index (Phi) is 6.98. The molecule has 3 N–H and O–H groups in total. The average molecular weight is 359 g/mol. The van der Waals surface area contributed by atoms with Crippen molar-refractivity contribution in [3.05, 3.63) is 22.2 Å². The summed E-state index contributed by atoms with van der Waals surface area (Å²) < 4.78 is 12.1. The lowest BCUT2D eigenvalue weighted by Crippen LogP contribution is -2.33. The Morgan fingerprint density at radius 2 is 2.10 bits per heavy atom. The number of carbonyl (C=O) groups excluding carboxylic acids is 1. The van der Waals surface area contributed by atoms with E-state index in [4.69, 9.17) is 15.2 Å². The van der Waals surface area contributed by atoms with Crippen LogP contribution in [0.4, 0.5) is 0 Å². The molecule has 21 heavy (non-hydrogen) atoms. The predicted molar refractivity (Wildman–Crippen MR) is 86.8 cm³/mol. The van der Waals surface area contributed by atoms with Gasteiger partial charge < -0.3 is 20.5 Å². The van der Waals surface area contributed by atoms with Crippen LogP contribution in [-0.4, -0.2) is 31.7 Å². The quantitative estimate of drug-likeness (QED) is 0.783. The second-order valence-corrected chi connectivity index (χ2v) is 5.75. The van der Waals surface area contributed by atoms with E-state index in [2.05, 4.69) is 21.2 Å². The van der Waals surface area contributed by atoms with Crippen molar-refractivity contribution < 1.29 is 14.3 Å². The van der Waals surface area contributed by atoms with Gasteiger partial charge in [0.1, 0.15) is 0 Å². The monoisotopic (exact) mass is 358 g/mol. The number of benzene rings is 1. The standard InChI is InChI=1S/C15H23BrN2O3/c1-5-20-13-8-11(6-9(2)17)7-12(16)14(13)21-10(3)15(19)18-4/h7-10H,5-6,17H2,1-4H3,(H,18,19). The third kappa shape index (κ3) is 5.21. The second kappa shape index (κ2) is 8.24. The van der Waals surface area contributed by atoms with Crippen LogP contribution >= 0.6 is 15.9 Å². The number of ether oxygens (including phenoxy) is 2. The Labute approximate surface area is 134 Å². The van der Waals surface area contributed by atoms with Gasteiger partial charge in [-0.2, -0.15) is 0 Å². The van der Waals surface area contributed by atoms with Gasteiger partial charge in [0.05, 0.1) is 11.1 Å². The number of amides is 1. The lowest BCUT2D eigenvalue weighted by Gasteiger charge is -2.19. The van der Waals surface area contributed by atoms with Crippen molar-refractivity contribution in [3.63, 3.8) is 0 Å². The van der Waals surface area contributed by atoms with Gasteiger partial charge in [-0.05, 0) is 60.8 Å². The summed E-state index contributed by atoms with van der Waals surface area (Å²) in [5.74, 6) is 0.948. The third-order valence-electron chi connectivity index (χ3n) is 2.84. The Hall–Kier alpha value is -1.27. The lowest BCUT2D eigenvalue weighted by atomic mass is 10.1. The lowest BCUT2D eigenvalue weighted by molar-refractivity contribution is -0.126. The highest BCUT2D eigenvalue weighted by Crippen LogP contribution is 2.37. The van der Waals surface area contributed by atoms with Crippen LogP contribution in [0, 0.1) is 0 Å². The Morgan fingerprint density at radius 3 is 2.62 bits per heavy atom. The van der Waals surface area contributed by atoms with Gasteiger partial charge in [-0.1, -0.05) is 0 Å². The van der Waals surface area contributed by atoms with E-state index in [-0.39, 0.29) is 11.9 Å². The van der Waals surface area contributed by atoms with Crippen molar-refractivity contribution in [2.75, 3.05) is 13.7 Å². The highest BCUT2D eigenvalue weighted by molar-refractivity contribution is 9.10. The van der Waals surface area contributed by atoms with E-state index in [1.165, 1.54) is 0 Å². The zero-order valence-corrected chi connectivity index (χ0v) is 14.5. The van der Waals surface area contributed by atoms with E-state index in [1.807, 2.05) is 26.0 Å². The fraction of sp³-hybridized carbons (Fsp3) is 0.533. The number of nitrogens with one attached hydrogen (secondary N) is 1. The van der Waals surface area contributed by atoms with Crippen LogP contribution < -0.4 is 20.5 Å². The van der Waals surface area contributed by atoms with Gasteiger partial charge in [0, 0.05) is 13.1 Å². The molecule has 0 aliphatic carbocycles. The predicted octanol–water partition coefficient (Wildman–Crippen LogP) is 2.25. The zero-order chi connectivity index (χ0) is 16.0. The van der Waals surface area contributed by atoms with Crippen LogP contribution in [-0.2, 0) is 11.2 Å². The summed E-state index contributed by atoms with van der Waals surface area (Å²) in [6.45, 7) is 6.06. The first-order chi connectivity index (χ1) is 9.88. The van der Waals surface area contributed by atoms with Gasteiger partial charge in [-0.25, -0.2) is 0 Å². The summed E-state index contributed by atoms with van der Waals surface area (Å²) in [5.41, 5.74) is 6.89. The minimum atomic E-state index is -0.607. The summed E-state index contributed by atoms with van der Waals surface area (Å²) in [6.07, 6.45) is 0.133. The smallest absolute Gasteiger partial charge is 0.260 e. The molecule has 0 radical (unpaired) electrons. The molecule has 0 bridgehead atoms. The summed E-state index contributed by atoms with van der Waals surface area (Å²) in [7, 11) is 1.58. The third-order valence-corrected chi connectivity index (χ3v) is 3.43. The highest BCUT2D eigenvalue weighted by atomic mass is 79.9. The fourth-order valence-corrected chi connectivity index (χ4v) is 2.50. The molecule has 1 rings (SSSR count). The van der Waals surface area contributed by atoms with Gasteiger partial charge in [-0.15, -0.1) is 0 Å². The molecule has 0 fully saturated rings.